The second-order valence-electron chi connectivity index (χ2n) is 6.38. The molecule has 2 aromatic rings. The van der Waals surface area contributed by atoms with Crippen LogP contribution in [0, 0.1) is 0 Å². The number of methoxy groups -OCH3 is 2. The Morgan fingerprint density at radius 3 is 2.35 bits per heavy atom. The molecule has 26 heavy (non-hydrogen) atoms. The van der Waals surface area contributed by atoms with Crippen molar-refractivity contribution in [2.24, 2.45) is 0 Å². The minimum atomic E-state index is -0.366. The molecule has 2 aliphatic heterocycles. The predicted molar refractivity (Wildman–Crippen MR) is 97.9 cm³/mol. The second kappa shape index (κ2) is 6.88. The number of cyclic esters (lactones) is 1. The summed E-state index contributed by atoms with van der Waals surface area (Å²) >= 11 is 0. The van der Waals surface area contributed by atoms with Crippen LogP contribution in [0.2, 0.25) is 0 Å². The van der Waals surface area contributed by atoms with E-state index in [0.717, 1.165) is 31.7 Å². The number of ether oxygens (including phenoxy) is 3. The molecule has 6 nitrogen and oxygen atoms in total. The molecule has 0 saturated carbocycles. The quantitative estimate of drug-likeness (QED) is 0.787. The van der Waals surface area contributed by atoms with Gasteiger partial charge in [-0.3, -0.25) is 4.90 Å². The first-order valence-electron chi connectivity index (χ1n) is 8.73. The Morgan fingerprint density at radius 1 is 0.962 bits per heavy atom. The van der Waals surface area contributed by atoms with E-state index in [1.54, 1.807) is 7.11 Å². The number of carbonyl (C=O) groups is 1. The number of carbonyl (C=O) groups excluding carboxylic acids is 1. The Hall–Kier alpha value is -2.73. The van der Waals surface area contributed by atoms with Gasteiger partial charge in [-0.25, -0.2) is 4.79 Å². The maximum atomic E-state index is 12.5. The number of fused-ring (bicyclic) bond motifs is 1. The lowest BCUT2D eigenvalue weighted by molar-refractivity contribution is -0.0251. The summed E-state index contributed by atoms with van der Waals surface area (Å²) in [6, 6.07) is 14.1. The average molecular weight is 354 g/mol. The molecular weight excluding hydrogens is 332 g/mol. The van der Waals surface area contributed by atoms with Crippen molar-refractivity contribution < 1.29 is 19.0 Å². The SMILES string of the molecule is COc1ccc2c(c1OC)C(=O)OC2N1CCN(c2ccccc2)CC1. The Kier molecular flexibility index (Phi) is 4.42. The number of benzene rings is 2. The van der Waals surface area contributed by atoms with Gasteiger partial charge in [0.05, 0.1) is 14.2 Å². The predicted octanol–water partition coefficient (Wildman–Crippen LogP) is 2.70. The van der Waals surface area contributed by atoms with Crippen LogP contribution in [0.1, 0.15) is 22.1 Å². The lowest BCUT2D eigenvalue weighted by Gasteiger charge is -2.38. The topological polar surface area (TPSA) is 51.2 Å². The summed E-state index contributed by atoms with van der Waals surface area (Å²) in [5.41, 5.74) is 2.55. The van der Waals surface area contributed by atoms with Crippen LogP contribution in [-0.2, 0) is 4.74 Å². The zero-order valence-corrected chi connectivity index (χ0v) is 15.0. The van der Waals surface area contributed by atoms with Gasteiger partial charge in [0.25, 0.3) is 0 Å². The van der Waals surface area contributed by atoms with Gasteiger partial charge in [0.1, 0.15) is 5.56 Å². The fourth-order valence-corrected chi connectivity index (χ4v) is 3.71. The lowest BCUT2D eigenvalue weighted by atomic mass is 10.1. The summed E-state index contributed by atoms with van der Waals surface area (Å²) in [4.78, 5) is 17.0. The molecule has 2 aliphatic rings. The third-order valence-corrected chi connectivity index (χ3v) is 5.03. The highest BCUT2D eigenvalue weighted by Crippen LogP contribution is 2.43. The van der Waals surface area contributed by atoms with Crippen molar-refractivity contribution in [2.75, 3.05) is 45.3 Å². The minimum absolute atomic E-state index is 0.355. The summed E-state index contributed by atoms with van der Waals surface area (Å²) in [7, 11) is 3.10. The molecule has 0 spiro atoms. The number of anilines is 1. The molecule has 2 heterocycles. The van der Waals surface area contributed by atoms with E-state index in [2.05, 4.69) is 34.1 Å². The van der Waals surface area contributed by atoms with Crippen molar-refractivity contribution in [1.29, 1.82) is 0 Å². The van der Waals surface area contributed by atoms with E-state index < -0.39 is 0 Å². The van der Waals surface area contributed by atoms with Gasteiger partial charge in [-0.2, -0.15) is 0 Å². The highest BCUT2D eigenvalue weighted by atomic mass is 16.6. The van der Waals surface area contributed by atoms with E-state index in [4.69, 9.17) is 14.2 Å². The minimum Gasteiger partial charge on any atom is -0.493 e. The molecule has 1 fully saturated rings. The molecule has 0 bridgehead atoms. The van der Waals surface area contributed by atoms with Crippen LogP contribution < -0.4 is 14.4 Å². The molecule has 136 valence electrons. The highest BCUT2D eigenvalue weighted by Gasteiger charge is 2.39. The summed E-state index contributed by atoms with van der Waals surface area (Å²) in [5, 5.41) is 0. The van der Waals surface area contributed by atoms with Crippen molar-refractivity contribution in [3.8, 4) is 11.5 Å². The van der Waals surface area contributed by atoms with Crippen LogP contribution in [0.25, 0.3) is 0 Å². The van der Waals surface area contributed by atoms with E-state index >= 15 is 0 Å². The standard InChI is InChI=1S/C20H22N2O4/c1-24-16-9-8-15-17(18(16)25-2)20(23)26-19(15)22-12-10-21(11-13-22)14-6-4-3-5-7-14/h3-9,19H,10-13H2,1-2H3. The number of nitrogens with zero attached hydrogens (tertiary/aromatic N) is 2. The summed E-state index contributed by atoms with van der Waals surface area (Å²) in [6.45, 7) is 3.42. The molecule has 1 unspecified atom stereocenters. The zero-order chi connectivity index (χ0) is 18.1. The summed E-state index contributed by atoms with van der Waals surface area (Å²) in [5.74, 6) is 0.629. The van der Waals surface area contributed by atoms with Gasteiger partial charge in [0, 0.05) is 37.4 Å². The number of hydrogen-bond acceptors (Lipinski definition) is 6. The van der Waals surface area contributed by atoms with E-state index in [0.29, 0.717) is 17.1 Å². The maximum Gasteiger partial charge on any atom is 0.344 e. The van der Waals surface area contributed by atoms with E-state index in [1.807, 2.05) is 18.2 Å². The molecule has 0 aliphatic carbocycles. The van der Waals surface area contributed by atoms with E-state index in [-0.39, 0.29) is 12.2 Å². The molecule has 4 rings (SSSR count). The number of esters is 1. The first-order valence-corrected chi connectivity index (χ1v) is 8.73. The monoisotopic (exact) mass is 354 g/mol. The Labute approximate surface area is 152 Å². The number of hydrogen-bond donors (Lipinski definition) is 0. The van der Waals surface area contributed by atoms with Gasteiger partial charge in [-0.05, 0) is 24.3 Å². The molecule has 0 radical (unpaired) electrons. The van der Waals surface area contributed by atoms with Crippen LogP contribution in [0.4, 0.5) is 5.69 Å². The average Bonchev–Trinajstić information content (AvgIpc) is 3.05. The molecule has 1 atom stereocenters. The fraction of sp³-hybridized carbons (Fsp3) is 0.350. The van der Waals surface area contributed by atoms with Crippen molar-refractivity contribution in [2.45, 2.75) is 6.23 Å². The smallest absolute Gasteiger partial charge is 0.344 e. The first kappa shape index (κ1) is 16.7. The Balaban J connectivity index is 1.54. The summed E-state index contributed by atoms with van der Waals surface area (Å²) < 4.78 is 16.4. The van der Waals surface area contributed by atoms with Gasteiger partial charge in [-0.1, -0.05) is 18.2 Å². The molecule has 0 aromatic heterocycles. The maximum absolute atomic E-state index is 12.5. The van der Waals surface area contributed by atoms with Crippen molar-refractivity contribution in [3.05, 3.63) is 53.6 Å². The van der Waals surface area contributed by atoms with Gasteiger partial charge in [0.2, 0.25) is 0 Å². The van der Waals surface area contributed by atoms with Crippen molar-refractivity contribution in [1.82, 2.24) is 4.90 Å². The summed E-state index contributed by atoms with van der Waals surface area (Å²) in [6.07, 6.45) is -0.366. The Bertz CT molecular complexity index is 801. The van der Waals surface area contributed by atoms with Gasteiger partial charge >= 0.3 is 5.97 Å². The molecular formula is C20H22N2O4. The van der Waals surface area contributed by atoms with Gasteiger partial charge in [0.15, 0.2) is 17.7 Å². The largest absolute Gasteiger partial charge is 0.493 e. The molecule has 2 aromatic carbocycles. The van der Waals surface area contributed by atoms with Crippen LogP contribution >= 0.6 is 0 Å². The van der Waals surface area contributed by atoms with Gasteiger partial charge < -0.3 is 19.1 Å². The molecule has 1 saturated heterocycles. The third kappa shape index (κ3) is 2.76. The van der Waals surface area contributed by atoms with Crippen LogP contribution in [-0.4, -0.2) is 51.3 Å². The highest BCUT2D eigenvalue weighted by molar-refractivity contribution is 5.98. The molecule has 6 heteroatoms. The number of rotatable bonds is 4. The molecule has 0 N–H and O–H groups in total. The second-order valence-corrected chi connectivity index (χ2v) is 6.38. The fourth-order valence-electron chi connectivity index (χ4n) is 3.71. The van der Waals surface area contributed by atoms with Crippen molar-refractivity contribution in [3.63, 3.8) is 0 Å². The normalized spacial score (nSPS) is 19.8. The van der Waals surface area contributed by atoms with Crippen LogP contribution in [0.3, 0.4) is 0 Å². The number of piperazine rings is 1. The number of para-hydroxylation sites is 1. The Morgan fingerprint density at radius 2 is 1.69 bits per heavy atom. The van der Waals surface area contributed by atoms with Crippen LogP contribution in [0.15, 0.2) is 42.5 Å². The van der Waals surface area contributed by atoms with Crippen LogP contribution in [0.5, 0.6) is 11.5 Å². The molecule has 0 amide bonds. The van der Waals surface area contributed by atoms with E-state index in [1.165, 1.54) is 12.8 Å². The van der Waals surface area contributed by atoms with Crippen molar-refractivity contribution >= 4 is 11.7 Å². The van der Waals surface area contributed by atoms with Gasteiger partial charge in [-0.15, -0.1) is 0 Å². The van der Waals surface area contributed by atoms with E-state index in [9.17, 15) is 4.79 Å². The lowest BCUT2D eigenvalue weighted by Crippen LogP contribution is -2.47. The zero-order valence-electron chi connectivity index (χ0n) is 15.0. The first-order chi connectivity index (χ1) is 12.7. The third-order valence-electron chi connectivity index (χ3n) is 5.03.